The van der Waals surface area contributed by atoms with Crippen molar-refractivity contribution in [2.45, 2.75) is 53.0 Å². The average molecular weight is 380 g/mol. The molecule has 1 atom stereocenters. The summed E-state index contributed by atoms with van der Waals surface area (Å²) in [5, 5.41) is 0.339. The summed E-state index contributed by atoms with van der Waals surface area (Å²) >= 11 is 1.12. The number of hydrogen-bond acceptors (Lipinski definition) is 7. The molecule has 0 fully saturated rings. The van der Waals surface area contributed by atoms with Gasteiger partial charge in [-0.15, -0.1) is 11.3 Å². The number of unbranched alkanes of at least 4 members (excludes halogenated alkanes) is 2. The minimum Gasteiger partial charge on any atom is -0.464 e. The van der Waals surface area contributed by atoms with Gasteiger partial charge in [-0.1, -0.05) is 19.8 Å². The number of aromatic nitrogens is 2. The van der Waals surface area contributed by atoms with E-state index in [2.05, 4.69) is 11.9 Å². The minimum atomic E-state index is -0.786. The molecule has 0 radical (unpaired) electrons. The lowest BCUT2D eigenvalue weighted by molar-refractivity contribution is -0.147. The van der Waals surface area contributed by atoms with Gasteiger partial charge in [-0.3, -0.25) is 9.36 Å². The number of rotatable bonds is 8. The third kappa shape index (κ3) is 4.12. The first-order chi connectivity index (χ1) is 12.4. The first-order valence-corrected chi connectivity index (χ1v) is 9.57. The maximum Gasteiger partial charge on any atom is 0.348 e. The molecule has 0 saturated heterocycles. The molecule has 0 aliphatic heterocycles. The van der Waals surface area contributed by atoms with E-state index in [9.17, 15) is 14.4 Å². The SMILES string of the molecule is CCCCCOC(=O)C(C)n1cnc2sc(C(=O)OCC)c(C)c2c1=O. The molecular weight excluding hydrogens is 356 g/mol. The van der Waals surface area contributed by atoms with Gasteiger partial charge < -0.3 is 9.47 Å². The summed E-state index contributed by atoms with van der Waals surface area (Å²) in [4.78, 5) is 42.1. The summed E-state index contributed by atoms with van der Waals surface area (Å²) in [6.07, 6.45) is 4.15. The average Bonchev–Trinajstić information content (AvgIpc) is 2.96. The highest BCUT2D eigenvalue weighted by Crippen LogP contribution is 2.27. The summed E-state index contributed by atoms with van der Waals surface area (Å²) in [6, 6.07) is -0.786. The van der Waals surface area contributed by atoms with Crippen molar-refractivity contribution in [1.82, 2.24) is 9.55 Å². The molecule has 7 nitrogen and oxygen atoms in total. The fourth-order valence-corrected chi connectivity index (χ4v) is 3.60. The van der Waals surface area contributed by atoms with Crippen LogP contribution in [0.15, 0.2) is 11.1 Å². The van der Waals surface area contributed by atoms with Crippen LogP contribution in [0.3, 0.4) is 0 Å². The number of fused-ring (bicyclic) bond motifs is 1. The van der Waals surface area contributed by atoms with Crippen molar-refractivity contribution in [3.63, 3.8) is 0 Å². The zero-order valence-corrected chi connectivity index (χ0v) is 16.4. The van der Waals surface area contributed by atoms with Gasteiger partial charge in [0.25, 0.3) is 5.56 Å². The predicted molar refractivity (Wildman–Crippen MR) is 99.8 cm³/mol. The molecule has 2 aromatic heterocycles. The van der Waals surface area contributed by atoms with Crippen LogP contribution in [0.1, 0.15) is 61.3 Å². The largest absolute Gasteiger partial charge is 0.464 e. The monoisotopic (exact) mass is 380 g/mol. The van der Waals surface area contributed by atoms with E-state index in [4.69, 9.17) is 9.47 Å². The van der Waals surface area contributed by atoms with Gasteiger partial charge in [-0.2, -0.15) is 0 Å². The molecule has 0 amide bonds. The van der Waals surface area contributed by atoms with Crippen molar-refractivity contribution in [3.8, 4) is 0 Å². The molecule has 0 aromatic carbocycles. The van der Waals surface area contributed by atoms with Crippen LogP contribution in [-0.2, 0) is 14.3 Å². The zero-order valence-electron chi connectivity index (χ0n) is 15.5. The lowest BCUT2D eigenvalue weighted by Crippen LogP contribution is -2.29. The molecule has 0 saturated carbocycles. The molecule has 0 spiro atoms. The van der Waals surface area contributed by atoms with Crippen LogP contribution < -0.4 is 5.56 Å². The molecule has 8 heteroatoms. The van der Waals surface area contributed by atoms with Gasteiger partial charge in [0.2, 0.25) is 0 Å². The normalized spacial score (nSPS) is 12.2. The number of thiophene rings is 1. The Hall–Kier alpha value is -2.22. The molecular formula is C18H24N2O5S. The molecule has 142 valence electrons. The highest BCUT2D eigenvalue weighted by Gasteiger charge is 2.24. The van der Waals surface area contributed by atoms with E-state index in [1.165, 1.54) is 10.9 Å². The van der Waals surface area contributed by atoms with E-state index < -0.39 is 18.0 Å². The van der Waals surface area contributed by atoms with Crippen LogP contribution in [0.25, 0.3) is 10.2 Å². The molecule has 0 aliphatic carbocycles. The quantitative estimate of drug-likeness (QED) is 0.516. The molecule has 0 aliphatic rings. The fourth-order valence-electron chi connectivity index (χ4n) is 2.56. The Balaban J connectivity index is 2.30. The van der Waals surface area contributed by atoms with E-state index in [0.29, 0.717) is 27.3 Å². The number of carbonyl (C=O) groups excluding carboxylic acids is 2. The van der Waals surface area contributed by atoms with Crippen LogP contribution in [0.5, 0.6) is 0 Å². The number of nitrogens with zero attached hydrogens (tertiary/aromatic N) is 2. The Morgan fingerprint density at radius 1 is 1.27 bits per heavy atom. The van der Waals surface area contributed by atoms with Crippen LogP contribution in [0, 0.1) is 6.92 Å². The number of esters is 2. The van der Waals surface area contributed by atoms with E-state index >= 15 is 0 Å². The number of aryl methyl sites for hydroxylation is 1. The highest BCUT2D eigenvalue weighted by molar-refractivity contribution is 7.20. The molecule has 1 unspecified atom stereocenters. The van der Waals surface area contributed by atoms with Gasteiger partial charge in [0.05, 0.1) is 24.9 Å². The summed E-state index contributed by atoms with van der Waals surface area (Å²) in [6.45, 7) is 7.67. The van der Waals surface area contributed by atoms with Gasteiger partial charge in [-0.25, -0.2) is 14.6 Å². The third-order valence-corrected chi connectivity index (χ3v) is 5.27. The van der Waals surface area contributed by atoms with Crippen molar-refractivity contribution in [2.24, 2.45) is 0 Å². The second kappa shape index (κ2) is 8.93. The van der Waals surface area contributed by atoms with Crippen molar-refractivity contribution in [3.05, 3.63) is 27.1 Å². The number of hydrogen-bond donors (Lipinski definition) is 0. The van der Waals surface area contributed by atoms with E-state index in [1.54, 1.807) is 20.8 Å². The highest BCUT2D eigenvalue weighted by atomic mass is 32.1. The summed E-state index contributed by atoms with van der Waals surface area (Å²) in [5.74, 6) is -0.940. The van der Waals surface area contributed by atoms with Gasteiger partial charge in [0, 0.05) is 0 Å². The van der Waals surface area contributed by atoms with Crippen LogP contribution >= 0.6 is 11.3 Å². The smallest absolute Gasteiger partial charge is 0.348 e. The van der Waals surface area contributed by atoms with Crippen molar-refractivity contribution < 1.29 is 19.1 Å². The molecule has 2 rings (SSSR count). The van der Waals surface area contributed by atoms with Crippen LogP contribution in [0.4, 0.5) is 0 Å². The first-order valence-electron chi connectivity index (χ1n) is 8.76. The summed E-state index contributed by atoms with van der Waals surface area (Å²) < 4.78 is 11.5. The maximum absolute atomic E-state index is 12.8. The molecule has 2 aromatic rings. The third-order valence-electron chi connectivity index (χ3n) is 4.09. The number of carbonyl (C=O) groups is 2. The standard InChI is InChI=1S/C18H24N2O5S/c1-5-7-8-9-25-17(22)12(4)20-10-19-15-13(16(20)21)11(3)14(26-15)18(23)24-6-2/h10,12H,5-9H2,1-4H3. The Labute approximate surface area is 155 Å². The second-order valence-electron chi connectivity index (χ2n) is 5.96. The number of ether oxygens (including phenoxy) is 2. The fraction of sp³-hybridized carbons (Fsp3) is 0.556. The first kappa shape index (κ1) is 20.1. The topological polar surface area (TPSA) is 87.5 Å². The van der Waals surface area contributed by atoms with Gasteiger partial charge >= 0.3 is 11.9 Å². The van der Waals surface area contributed by atoms with Gasteiger partial charge in [0.1, 0.15) is 15.7 Å². The van der Waals surface area contributed by atoms with Gasteiger partial charge in [0.15, 0.2) is 0 Å². The second-order valence-corrected chi connectivity index (χ2v) is 6.96. The Kier molecular flexibility index (Phi) is 6.90. The molecule has 0 bridgehead atoms. The summed E-state index contributed by atoms with van der Waals surface area (Å²) in [7, 11) is 0. The Morgan fingerprint density at radius 2 is 2.00 bits per heavy atom. The van der Waals surface area contributed by atoms with E-state index in [1.807, 2.05) is 0 Å². The zero-order chi connectivity index (χ0) is 19.3. The van der Waals surface area contributed by atoms with E-state index in [0.717, 1.165) is 30.6 Å². The van der Waals surface area contributed by atoms with Crippen molar-refractivity contribution >= 4 is 33.5 Å². The molecule has 2 heterocycles. The molecule has 0 N–H and O–H groups in total. The van der Waals surface area contributed by atoms with Gasteiger partial charge in [-0.05, 0) is 32.8 Å². The van der Waals surface area contributed by atoms with Crippen LogP contribution in [0.2, 0.25) is 0 Å². The summed E-state index contributed by atoms with van der Waals surface area (Å²) in [5.41, 5.74) is 0.163. The maximum atomic E-state index is 12.8. The minimum absolute atomic E-state index is 0.255. The Morgan fingerprint density at radius 3 is 2.65 bits per heavy atom. The lowest BCUT2D eigenvalue weighted by atomic mass is 10.2. The molecule has 26 heavy (non-hydrogen) atoms. The van der Waals surface area contributed by atoms with Crippen LogP contribution in [-0.4, -0.2) is 34.7 Å². The van der Waals surface area contributed by atoms with Crippen molar-refractivity contribution in [1.29, 1.82) is 0 Å². The Bertz CT molecular complexity index is 855. The predicted octanol–water partition coefficient (Wildman–Crippen LogP) is 3.24. The van der Waals surface area contributed by atoms with E-state index in [-0.39, 0.29) is 12.2 Å². The lowest BCUT2D eigenvalue weighted by Gasteiger charge is -2.14. The van der Waals surface area contributed by atoms with Crippen molar-refractivity contribution in [2.75, 3.05) is 13.2 Å².